The summed E-state index contributed by atoms with van der Waals surface area (Å²) in [4.78, 5) is 17.8. The van der Waals surface area contributed by atoms with Gasteiger partial charge in [-0.1, -0.05) is 48.5 Å². The summed E-state index contributed by atoms with van der Waals surface area (Å²) in [5.41, 5.74) is 4.18. The fourth-order valence-electron chi connectivity index (χ4n) is 4.27. The van der Waals surface area contributed by atoms with Gasteiger partial charge in [0.1, 0.15) is 12.6 Å². The number of hydrogen-bond acceptors (Lipinski definition) is 8. The zero-order chi connectivity index (χ0) is 27.2. The van der Waals surface area contributed by atoms with E-state index in [4.69, 9.17) is 19.3 Å². The van der Waals surface area contributed by atoms with Gasteiger partial charge >= 0.3 is 5.97 Å². The molecule has 1 aliphatic rings. The van der Waals surface area contributed by atoms with Crippen molar-refractivity contribution >= 4 is 39.6 Å². The van der Waals surface area contributed by atoms with Crippen LogP contribution in [0.1, 0.15) is 56.8 Å². The number of aromatic nitrogens is 3. The Labute approximate surface area is 236 Å². The van der Waals surface area contributed by atoms with Crippen LogP contribution in [0.25, 0.3) is 0 Å². The molecule has 1 aromatic heterocycles. The van der Waals surface area contributed by atoms with Crippen LogP contribution >= 0.6 is 27.7 Å². The topological polar surface area (TPSA) is 87.5 Å². The minimum Gasteiger partial charge on any atom is -0.490 e. The average molecular weight is 602 g/mol. The molecular formula is C28H33BrN4O4S. The van der Waals surface area contributed by atoms with Crippen LogP contribution < -0.4 is 14.8 Å². The summed E-state index contributed by atoms with van der Waals surface area (Å²) in [5, 5.41) is 8.66. The van der Waals surface area contributed by atoms with Gasteiger partial charge in [-0.2, -0.15) is 4.98 Å². The van der Waals surface area contributed by atoms with Gasteiger partial charge in [0.05, 0.1) is 23.3 Å². The van der Waals surface area contributed by atoms with Crippen LogP contribution in [0.15, 0.2) is 57.3 Å². The summed E-state index contributed by atoms with van der Waals surface area (Å²) in [6.45, 7) is 10.9. The number of rotatable bonds is 11. The molecule has 2 heterocycles. The molecule has 0 radical (unpaired) electrons. The maximum atomic E-state index is 13.2. The third kappa shape index (κ3) is 6.18. The number of carbonyl (C=O) groups excluding carboxylic acids is 1. The first-order chi connectivity index (χ1) is 18.4. The molecule has 4 rings (SSSR count). The van der Waals surface area contributed by atoms with Gasteiger partial charge in [0, 0.05) is 11.4 Å². The van der Waals surface area contributed by atoms with Crippen molar-refractivity contribution in [2.75, 3.05) is 24.3 Å². The standard InChI is InChI=1S/C28H33BrN4O4S/c1-6-12-38-28-31-27-30-18(5)23(26(34)36-8-3)24(33(27)32-28)20-14-21(29)25(22(15-20)35-7-2)37-16-19-11-9-10-17(4)13-19/h9-11,13-15,24H,6-8,12,16H2,1-5H3,(H,30,31,32). The highest BCUT2D eigenvalue weighted by Gasteiger charge is 2.36. The quantitative estimate of drug-likeness (QED) is 0.192. The Morgan fingerprint density at radius 2 is 1.95 bits per heavy atom. The predicted molar refractivity (Wildman–Crippen MR) is 153 cm³/mol. The van der Waals surface area contributed by atoms with Crippen molar-refractivity contribution in [1.29, 1.82) is 0 Å². The first-order valence-corrected chi connectivity index (χ1v) is 14.5. The lowest BCUT2D eigenvalue weighted by molar-refractivity contribution is -0.139. The molecule has 0 saturated carbocycles. The average Bonchev–Trinajstić information content (AvgIpc) is 3.28. The lowest BCUT2D eigenvalue weighted by Crippen LogP contribution is -2.29. The minimum absolute atomic E-state index is 0.268. The molecule has 2 aromatic carbocycles. The van der Waals surface area contributed by atoms with Crippen LogP contribution in [0.4, 0.5) is 5.95 Å². The summed E-state index contributed by atoms with van der Waals surface area (Å²) in [7, 11) is 0. The third-order valence-corrected chi connectivity index (χ3v) is 7.51. The molecule has 10 heteroatoms. The lowest BCUT2D eigenvalue weighted by atomic mass is 9.95. The van der Waals surface area contributed by atoms with Gasteiger partial charge in [-0.3, -0.25) is 0 Å². The highest BCUT2D eigenvalue weighted by Crippen LogP contribution is 2.43. The number of nitrogens with one attached hydrogen (secondary N) is 1. The molecule has 8 nitrogen and oxygen atoms in total. The van der Waals surface area contributed by atoms with E-state index in [1.165, 1.54) is 5.56 Å². The summed E-state index contributed by atoms with van der Waals surface area (Å²) in [6, 6.07) is 11.5. The third-order valence-electron chi connectivity index (χ3n) is 5.88. The maximum absolute atomic E-state index is 13.2. The van der Waals surface area contributed by atoms with Crippen LogP contribution in [0.2, 0.25) is 0 Å². The van der Waals surface area contributed by atoms with Gasteiger partial charge in [-0.05, 0) is 73.3 Å². The molecule has 0 amide bonds. The van der Waals surface area contributed by atoms with Crippen molar-refractivity contribution in [3.8, 4) is 11.5 Å². The van der Waals surface area contributed by atoms with Crippen molar-refractivity contribution < 1.29 is 19.0 Å². The minimum atomic E-state index is -0.560. The number of thioether (sulfide) groups is 1. The molecule has 1 N–H and O–H groups in total. The van der Waals surface area contributed by atoms with Crippen molar-refractivity contribution in [3.05, 3.63) is 68.8 Å². The molecule has 0 saturated heterocycles. The van der Waals surface area contributed by atoms with Crippen LogP contribution in [0, 0.1) is 6.92 Å². The molecular weight excluding hydrogens is 568 g/mol. The molecule has 38 heavy (non-hydrogen) atoms. The van der Waals surface area contributed by atoms with Gasteiger partial charge in [0.25, 0.3) is 0 Å². The van der Waals surface area contributed by atoms with Gasteiger partial charge in [0.15, 0.2) is 11.5 Å². The number of halogens is 1. The molecule has 1 atom stereocenters. The second-order valence-electron chi connectivity index (χ2n) is 8.84. The summed E-state index contributed by atoms with van der Waals surface area (Å²) >= 11 is 5.29. The molecule has 1 aliphatic heterocycles. The number of anilines is 1. The van der Waals surface area contributed by atoms with Crippen LogP contribution in [-0.2, 0) is 16.1 Å². The Balaban J connectivity index is 1.77. The van der Waals surface area contributed by atoms with Gasteiger partial charge in [-0.15, -0.1) is 5.10 Å². The molecule has 202 valence electrons. The second kappa shape index (κ2) is 12.7. The van der Waals surface area contributed by atoms with E-state index < -0.39 is 12.0 Å². The van der Waals surface area contributed by atoms with Crippen LogP contribution in [-0.4, -0.2) is 39.7 Å². The Hall–Kier alpha value is -2.98. The summed E-state index contributed by atoms with van der Waals surface area (Å²) in [6.07, 6.45) is 1.01. The number of aryl methyl sites for hydroxylation is 1. The number of ether oxygens (including phenoxy) is 3. The fourth-order valence-corrected chi connectivity index (χ4v) is 5.53. The van der Waals surface area contributed by atoms with E-state index in [-0.39, 0.29) is 6.61 Å². The Kier molecular flexibility index (Phi) is 9.38. The van der Waals surface area contributed by atoms with Crippen LogP contribution in [0.5, 0.6) is 11.5 Å². The first kappa shape index (κ1) is 28.0. The highest BCUT2D eigenvalue weighted by atomic mass is 79.9. The van der Waals surface area contributed by atoms with E-state index in [1.807, 2.05) is 38.1 Å². The normalized spacial score (nSPS) is 14.6. The van der Waals surface area contributed by atoms with E-state index in [0.717, 1.165) is 23.3 Å². The Bertz CT molecular complexity index is 1340. The molecule has 0 fully saturated rings. The highest BCUT2D eigenvalue weighted by molar-refractivity contribution is 9.10. The lowest BCUT2D eigenvalue weighted by Gasteiger charge is -2.28. The van der Waals surface area contributed by atoms with E-state index in [9.17, 15) is 4.79 Å². The van der Waals surface area contributed by atoms with Crippen molar-refractivity contribution in [3.63, 3.8) is 0 Å². The number of fused-ring (bicyclic) bond motifs is 1. The predicted octanol–water partition coefficient (Wildman–Crippen LogP) is 6.68. The van der Waals surface area contributed by atoms with E-state index in [1.54, 1.807) is 23.4 Å². The van der Waals surface area contributed by atoms with Crippen molar-refractivity contribution in [1.82, 2.24) is 14.8 Å². The molecule has 0 bridgehead atoms. The summed E-state index contributed by atoms with van der Waals surface area (Å²) in [5.74, 6) is 2.25. The number of allylic oxidation sites excluding steroid dienone is 1. The molecule has 0 aliphatic carbocycles. The van der Waals surface area contributed by atoms with E-state index >= 15 is 0 Å². The van der Waals surface area contributed by atoms with Gasteiger partial charge < -0.3 is 19.5 Å². The summed E-state index contributed by atoms with van der Waals surface area (Å²) < 4.78 is 20.2. The van der Waals surface area contributed by atoms with Crippen molar-refractivity contribution in [2.45, 2.75) is 58.8 Å². The monoisotopic (exact) mass is 600 g/mol. The maximum Gasteiger partial charge on any atom is 0.338 e. The Morgan fingerprint density at radius 1 is 1.13 bits per heavy atom. The number of benzene rings is 2. The SMILES string of the molecule is CCCSc1nc2n(n1)C(c1cc(Br)c(OCc3cccc(C)c3)c(OCC)c1)C(C(=O)OCC)=C(C)N2. The van der Waals surface area contributed by atoms with Gasteiger partial charge in [0.2, 0.25) is 11.1 Å². The van der Waals surface area contributed by atoms with Crippen LogP contribution in [0.3, 0.4) is 0 Å². The first-order valence-electron chi connectivity index (χ1n) is 12.7. The zero-order valence-electron chi connectivity index (χ0n) is 22.3. The number of carbonyl (C=O) groups is 1. The zero-order valence-corrected chi connectivity index (χ0v) is 24.7. The van der Waals surface area contributed by atoms with E-state index in [0.29, 0.717) is 51.6 Å². The molecule has 0 spiro atoms. The number of esters is 1. The van der Waals surface area contributed by atoms with Gasteiger partial charge in [-0.25, -0.2) is 9.48 Å². The molecule has 3 aromatic rings. The second-order valence-corrected chi connectivity index (χ2v) is 10.8. The molecule has 1 unspecified atom stereocenters. The fraction of sp³-hybridized carbons (Fsp3) is 0.393. The Morgan fingerprint density at radius 3 is 2.66 bits per heavy atom. The number of hydrogen-bond donors (Lipinski definition) is 1. The van der Waals surface area contributed by atoms with Crippen molar-refractivity contribution in [2.24, 2.45) is 0 Å². The number of nitrogens with zero attached hydrogens (tertiary/aromatic N) is 3. The largest absolute Gasteiger partial charge is 0.490 e. The smallest absolute Gasteiger partial charge is 0.338 e. The van der Waals surface area contributed by atoms with E-state index in [2.05, 4.69) is 52.2 Å².